The molecule has 0 fully saturated rings. The number of carbonyl (C=O) groups excluding carboxylic acids is 1. The van der Waals surface area contributed by atoms with Crippen LogP contribution in [0, 0.1) is 0 Å². The van der Waals surface area contributed by atoms with Crippen LogP contribution in [0.2, 0.25) is 0 Å². The Morgan fingerprint density at radius 1 is 1.36 bits per heavy atom. The Morgan fingerprint density at radius 3 is 3.18 bits per heavy atom. The van der Waals surface area contributed by atoms with Gasteiger partial charge in [-0.15, -0.1) is 0 Å². The minimum absolute atomic E-state index is 0.0841. The van der Waals surface area contributed by atoms with Gasteiger partial charge in [0.05, 0.1) is 13.1 Å². The highest BCUT2D eigenvalue weighted by molar-refractivity contribution is 5.78. The van der Waals surface area contributed by atoms with Crippen molar-refractivity contribution in [1.82, 2.24) is 25.4 Å². The number of nitrogens with one attached hydrogen (secondary N) is 2. The average molecular weight is 303 g/mol. The van der Waals surface area contributed by atoms with E-state index in [-0.39, 0.29) is 5.91 Å². The molecule has 1 aromatic heterocycles. The third kappa shape index (κ3) is 4.16. The van der Waals surface area contributed by atoms with Gasteiger partial charge in [-0.05, 0) is 38.5 Å². The molecule has 1 unspecified atom stereocenters. The van der Waals surface area contributed by atoms with E-state index in [1.807, 2.05) is 4.68 Å². The van der Waals surface area contributed by atoms with E-state index >= 15 is 0 Å². The Bertz CT molecular complexity index is 536. The molecule has 3 rings (SSSR count). The van der Waals surface area contributed by atoms with Gasteiger partial charge in [-0.3, -0.25) is 4.79 Å². The van der Waals surface area contributed by atoms with E-state index < -0.39 is 0 Å². The van der Waals surface area contributed by atoms with E-state index in [2.05, 4.69) is 26.8 Å². The Morgan fingerprint density at radius 2 is 2.32 bits per heavy atom. The van der Waals surface area contributed by atoms with Crippen LogP contribution in [0.25, 0.3) is 0 Å². The van der Waals surface area contributed by atoms with Crippen LogP contribution in [0.15, 0.2) is 18.0 Å². The van der Waals surface area contributed by atoms with Crippen LogP contribution in [0.4, 0.5) is 0 Å². The lowest BCUT2D eigenvalue weighted by Crippen LogP contribution is -2.43. The van der Waals surface area contributed by atoms with Gasteiger partial charge >= 0.3 is 0 Å². The van der Waals surface area contributed by atoms with Crippen LogP contribution in [-0.2, 0) is 17.8 Å². The predicted molar refractivity (Wildman–Crippen MR) is 84.3 cm³/mol. The highest BCUT2D eigenvalue weighted by Crippen LogP contribution is 2.19. The summed E-state index contributed by atoms with van der Waals surface area (Å²) >= 11 is 0. The van der Waals surface area contributed by atoms with E-state index in [9.17, 15) is 4.79 Å². The molecule has 22 heavy (non-hydrogen) atoms. The Kier molecular flexibility index (Phi) is 5.21. The van der Waals surface area contributed by atoms with Crippen molar-refractivity contribution >= 4 is 5.91 Å². The molecule has 2 N–H and O–H groups in total. The molecule has 6 nitrogen and oxygen atoms in total. The maximum atomic E-state index is 11.9. The fourth-order valence-corrected chi connectivity index (χ4v) is 3.20. The van der Waals surface area contributed by atoms with Crippen molar-refractivity contribution in [2.75, 3.05) is 13.1 Å². The maximum Gasteiger partial charge on any atom is 0.233 e. The molecule has 1 aliphatic carbocycles. The number of nitrogens with zero attached hydrogens (tertiary/aromatic N) is 3. The zero-order valence-electron chi connectivity index (χ0n) is 13.1. The van der Waals surface area contributed by atoms with Gasteiger partial charge in [0.15, 0.2) is 0 Å². The second-order valence-electron chi connectivity index (χ2n) is 6.18. The first-order valence-corrected chi connectivity index (χ1v) is 8.36. The number of hydrogen-bond donors (Lipinski definition) is 2. The number of carbonyl (C=O) groups is 1. The zero-order valence-corrected chi connectivity index (χ0v) is 13.1. The van der Waals surface area contributed by atoms with Gasteiger partial charge < -0.3 is 10.6 Å². The van der Waals surface area contributed by atoms with Crippen molar-refractivity contribution in [2.45, 2.75) is 57.5 Å². The largest absolute Gasteiger partial charge is 0.355 e. The molecule has 1 aromatic rings. The van der Waals surface area contributed by atoms with Gasteiger partial charge in [0, 0.05) is 19.0 Å². The standard InChI is InChI=1S/C16H25N5O/c22-16(17-9-8-13-4-2-1-3-5-13)10-18-14-6-7-15-19-12-20-21(15)11-14/h4,12,14,18H,1-3,5-11H2,(H,17,22). The van der Waals surface area contributed by atoms with E-state index in [1.165, 1.54) is 31.3 Å². The molecule has 0 saturated carbocycles. The highest BCUT2D eigenvalue weighted by Gasteiger charge is 2.19. The van der Waals surface area contributed by atoms with Crippen molar-refractivity contribution < 1.29 is 4.79 Å². The topological polar surface area (TPSA) is 71.8 Å². The fraction of sp³-hybridized carbons (Fsp3) is 0.688. The summed E-state index contributed by atoms with van der Waals surface area (Å²) in [4.78, 5) is 16.1. The number of fused-ring (bicyclic) bond motifs is 1. The van der Waals surface area contributed by atoms with Crippen molar-refractivity contribution in [1.29, 1.82) is 0 Å². The molecule has 2 aliphatic rings. The van der Waals surface area contributed by atoms with Crippen molar-refractivity contribution in [3.8, 4) is 0 Å². The van der Waals surface area contributed by atoms with Gasteiger partial charge in [-0.2, -0.15) is 5.10 Å². The van der Waals surface area contributed by atoms with Crippen LogP contribution in [-0.4, -0.2) is 39.8 Å². The number of hydrogen-bond acceptors (Lipinski definition) is 4. The summed E-state index contributed by atoms with van der Waals surface area (Å²) < 4.78 is 1.93. The van der Waals surface area contributed by atoms with E-state index in [1.54, 1.807) is 6.33 Å². The van der Waals surface area contributed by atoms with E-state index in [0.717, 1.165) is 38.2 Å². The summed E-state index contributed by atoms with van der Waals surface area (Å²) in [6, 6.07) is 0.306. The Hall–Kier alpha value is -1.69. The normalized spacial score (nSPS) is 21.1. The van der Waals surface area contributed by atoms with Crippen LogP contribution in [0.3, 0.4) is 0 Å². The van der Waals surface area contributed by atoms with Crippen LogP contribution >= 0.6 is 0 Å². The van der Waals surface area contributed by atoms with E-state index in [0.29, 0.717) is 12.6 Å². The summed E-state index contributed by atoms with van der Waals surface area (Å²) in [5.74, 6) is 1.13. The molecule has 1 aliphatic heterocycles. The Labute approximate surface area is 131 Å². The summed E-state index contributed by atoms with van der Waals surface area (Å²) in [6.07, 6.45) is 11.9. The monoisotopic (exact) mass is 303 g/mol. The molecule has 0 saturated heterocycles. The predicted octanol–water partition coefficient (Wildman–Crippen LogP) is 1.19. The molecule has 0 spiro atoms. The highest BCUT2D eigenvalue weighted by atomic mass is 16.1. The third-order valence-corrected chi connectivity index (χ3v) is 4.51. The summed E-state index contributed by atoms with van der Waals surface area (Å²) in [6.45, 7) is 1.94. The lowest BCUT2D eigenvalue weighted by atomic mass is 9.97. The summed E-state index contributed by atoms with van der Waals surface area (Å²) in [5, 5.41) is 10.5. The van der Waals surface area contributed by atoms with Crippen molar-refractivity contribution in [2.24, 2.45) is 0 Å². The number of amides is 1. The van der Waals surface area contributed by atoms with Crippen LogP contribution in [0.1, 0.15) is 44.3 Å². The average Bonchev–Trinajstić information content (AvgIpc) is 3.01. The molecule has 1 atom stereocenters. The second kappa shape index (κ2) is 7.54. The van der Waals surface area contributed by atoms with Crippen LogP contribution in [0.5, 0.6) is 0 Å². The molecule has 2 heterocycles. The van der Waals surface area contributed by atoms with Gasteiger partial charge in [0.2, 0.25) is 5.91 Å². The molecular weight excluding hydrogens is 278 g/mol. The SMILES string of the molecule is O=C(CNC1CCc2ncnn2C1)NCCC1=CCCCC1. The number of allylic oxidation sites excluding steroid dienone is 1. The number of aryl methyl sites for hydroxylation is 1. The molecule has 0 radical (unpaired) electrons. The first-order valence-electron chi connectivity index (χ1n) is 8.36. The quantitative estimate of drug-likeness (QED) is 0.774. The molecule has 120 valence electrons. The minimum Gasteiger partial charge on any atom is -0.355 e. The number of rotatable bonds is 6. The smallest absolute Gasteiger partial charge is 0.233 e. The van der Waals surface area contributed by atoms with Gasteiger partial charge in [-0.25, -0.2) is 9.67 Å². The zero-order chi connectivity index (χ0) is 15.2. The first kappa shape index (κ1) is 15.2. The summed E-state index contributed by atoms with van der Waals surface area (Å²) in [5.41, 5.74) is 1.51. The number of aromatic nitrogens is 3. The van der Waals surface area contributed by atoms with Crippen molar-refractivity contribution in [3.63, 3.8) is 0 Å². The molecular formula is C16H25N5O. The summed E-state index contributed by atoms with van der Waals surface area (Å²) in [7, 11) is 0. The lowest BCUT2D eigenvalue weighted by molar-refractivity contribution is -0.120. The van der Waals surface area contributed by atoms with Gasteiger partial charge in [0.1, 0.15) is 12.2 Å². The molecule has 0 aromatic carbocycles. The van der Waals surface area contributed by atoms with Crippen LogP contribution < -0.4 is 10.6 Å². The molecule has 0 bridgehead atoms. The lowest BCUT2D eigenvalue weighted by Gasteiger charge is -2.23. The van der Waals surface area contributed by atoms with Gasteiger partial charge in [0.25, 0.3) is 0 Å². The minimum atomic E-state index is 0.0841. The van der Waals surface area contributed by atoms with Gasteiger partial charge in [-0.1, -0.05) is 11.6 Å². The third-order valence-electron chi connectivity index (χ3n) is 4.51. The Balaban J connectivity index is 1.32. The first-order chi connectivity index (χ1) is 10.8. The molecule has 6 heteroatoms. The maximum absolute atomic E-state index is 11.9. The second-order valence-corrected chi connectivity index (χ2v) is 6.18. The van der Waals surface area contributed by atoms with Crippen molar-refractivity contribution in [3.05, 3.63) is 23.8 Å². The van der Waals surface area contributed by atoms with E-state index in [4.69, 9.17) is 0 Å². The fourth-order valence-electron chi connectivity index (χ4n) is 3.20. The molecule has 1 amide bonds.